The molecule has 0 aliphatic heterocycles. The normalized spacial score (nSPS) is 12.0. The first kappa shape index (κ1) is 18.0. The summed E-state index contributed by atoms with van der Waals surface area (Å²) in [7, 11) is 0. The molecule has 0 amide bonds. The maximum Gasteiger partial charge on any atom is 0.269 e. The zero-order valence-corrected chi connectivity index (χ0v) is 13.3. The third-order valence-electron chi connectivity index (χ3n) is 3.59. The zero-order valence-electron chi connectivity index (χ0n) is 13.3. The summed E-state index contributed by atoms with van der Waals surface area (Å²) in [5.74, 6) is -0.723. The highest BCUT2D eigenvalue weighted by Gasteiger charge is 2.17. The van der Waals surface area contributed by atoms with Crippen molar-refractivity contribution in [2.75, 3.05) is 6.54 Å². The van der Waals surface area contributed by atoms with E-state index in [1.165, 1.54) is 12.1 Å². The number of nitro groups is 2. The SMILES string of the molecule is O=C(C[C@H](/C=C/c1ccc([N+](=O)[O-])cc1)C[N+](=O)[O-])c1ccccc1. The Morgan fingerprint density at radius 2 is 1.64 bits per heavy atom. The summed E-state index contributed by atoms with van der Waals surface area (Å²) >= 11 is 0. The average molecular weight is 340 g/mol. The molecular formula is C18H16N2O5. The van der Waals surface area contributed by atoms with E-state index in [0.29, 0.717) is 11.1 Å². The van der Waals surface area contributed by atoms with Gasteiger partial charge in [-0.15, -0.1) is 0 Å². The van der Waals surface area contributed by atoms with Crippen molar-refractivity contribution >= 4 is 17.5 Å². The number of carbonyl (C=O) groups excluding carboxylic acids is 1. The Morgan fingerprint density at radius 1 is 1.00 bits per heavy atom. The number of benzene rings is 2. The molecule has 2 aromatic rings. The van der Waals surface area contributed by atoms with Gasteiger partial charge in [0.2, 0.25) is 6.54 Å². The Bertz CT molecular complexity index is 785. The minimum atomic E-state index is -0.558. The lowest BCUT2D eigenvalue weighted by Crippen LogP contribution is -2.16. The molecule has 0 spiro atoms. The Hall–Kier alpha value is -3.35. The lowest BCUT2D eigenvalue weighted by Gasteiger charge is -2.07. The molecule has 0 aromatic heterocycles. The van der Waals surface area contributed by atoms with Crippen molar-refractivity contribution in [3.8, 4) is 0 Å². The number of nitrogens with zero attached hydrogens (tertiary/aromatic N) is 2. The van der Waals surface area contributed by atoms with Crippen molar-refractivity contribution in [2.45, 2.75) is 6.42 Å². The predicted molar refractivity (Wildman–Crippen MR) is 92.9 cm³/mol. The molecule has 25 heavy (non-hydrogen) atoms. The Kier molecular flexibility index (Phi) is 6.11. The van der Waals surface area contributed by atoms with Crippen LogP contribution in [0, 0.1) is 26.1 Å². The van der Waals surface area contributed by atoms with Crippen LogP contribution in [0.5, 0.6) is 0 Å². The van der Waals surface area contributed by atoms with Gasteiger partial charge in [0.1, 0.15) is 0 Å². The number of hydrogen-bond acceptors (Lipinski definition) is 5. The second-order valence-corrected chi connectivity index (χ2v) is 5.48. The Labute approximate surface area is 143 Å². The summed E-state index contributed by atoms with van der Waals surface area (Å²) in [5, 5.41) is 21.5. The van der Waals surface area contributed by atoms with E-state index in [4.69, 9.17) is 0 Å². The first-order valence-corrected chi connectivity index (χ1v) is 7.58. The van der Waals surface area contributed by atoms with Gasteiger partial charge in [0.05, 0.1) is 4.92 Å². The topological polar surface area (TPSA) is 103 Å². The van der Waals surface area contributed by atoms with Crippen LogP contribution in [0.1, 0.15) is 22.3 Å². The third-order valence-corrected chi connectivity index (χ3v) is 3.59. The van der Waals surface area contributed by atoms with Crippen molar-refractivity contribution in [1.29, 1.82) is 0 Å². The molecule has 0 radical (unpaired) electrons. The summed E-state index contributed by atoms with van der Waals surface area (Å²) in [6, 6.07) is 14.4. The second-order valence-electron chi connectivity index (χ2n) is 5.48. The van der Waals surface area contributed by atoms with Crippen LogP contribution in [0.15, 0.2) is 60.7 Å². The fourth-order valence-corrected chi connectivity index (χ4v) is 2.32. The molecule has 0 N–H and O–H groups in total. The van der Waals surface area contributed by atoms with E-state index in [1.54, 1.807) is 54.6 Å². The number of nitro benzene ring substituents is 1. The lowest BCUT2D eigenvalue weighted by atomic mass is 9.97. The third kappa shape index (κ3) is 5.65. The van der Waals surface area contributed by atoms with Crippen LogP contribution in [0.4, 0.5) is 5.69 Å². The number of Topliss-reactive ketones (excluding diaryl/α,β-unsaturated/α-hetero) is 1. The molecule has 7 nitrogen and oxygen atoms in total. The second kappa shape index (κ2) is 8.49. The summed E-state index contributed by atoms with van der Waals surface area (Å²) in [4.78, 5) is 32.8. The number of hydrogen-bond donors (Lipinski definition) is 0. The molecule has 0 aliphatic rings. The van der Waals surface area contributed by atoms with Crippen molar-refractivity contribution in [3.63, 3.8) is 0 Å². The molecule has 0 bridgehead atoms. The summed E-state index contributed by atoms with van der Waals surface area (Å²) < 4.78 is 0. The minimum Gasteiger partial charge on any atom is -0.294 e. The maximum absolute atomic E-state index is 12.2. The molecule has 0 aliphatic carbocycles. The fourth-order valence-electron chi connectivity index (χ4n) is 2.32. The van der Waals surface area contributed by atoms with Gasteiger partial charge in [0, 0.05) is 35.0 Å². The zero-order chi connectivity index (χ0) is 18.2. The van der Waals surface area contributed by atoms with E-state index in [0.717, 1.165) is 0 Å². The van der Waals surface area contributed by atoms with Gasteiger partial charge in [0.25, 0.3) is 5.69 Å². The van der Waals surface area contributed by atoms with Gasteiger partial charge in [-0.2, -0.15) is 0 Å². The van der Waals surface area contributed by atoms with Crippen LogP contribution >= 0.6 is 0 Å². The van der Waals surface area contributed by atoms with E-state index >= 15 is 0 Å². The van der Waals surface area contributed by atoms with Crippen molar-refractivity contribution < 1.29 is 14.6 Å². The number of carbonyl (C=O) groups is 1. The standard InChI is InChI=1S/C18H16N2O5/c21-18(16-4-2-1-3-5-16)12-15(13-19(22)23)7-6-14-8-10-17(11-9-14)20(24)25/h1-11,15H,12-13H2/b7-6+/t15-/m0/s1. The molecule has 0 heterocycles. The first-order valence-electron chi connectivity index (χ1n) is 7.58. The number of non-ortho nitro benzene ring substituents is 1. The van der Waals surface area contributed by atoms with Crippen molar-refractivity contribution in [3.05, 3.63) is 92.0 Å². The molecule has 0 saturated heterocycles. The molecule has 1 atom stereocenters. The van der Waals surface area contributed by atoms with E-state index in [9.17, 15) is 25.0 Å². The fraction of sp³-hybridized carbons (Fsp3) is 0.167. The average Bonchev–Trinajstić information content (AvgIpc) is 2.60. The molecule has 0 saturated carbocycles. The van der Waals surface area contributed by atoms with Gasteiger partial charge in [-0.1, -0.05) is 42.5 Å². The van der Waals surface area contributed by atoms with Gasteiger partial charge in [-0.25, -0.2) is 0 Å². The lowest BCUT2D eigenvalue weighted by molar-refractivity contribution is -0.485. The van der Waals surface area contributed by atoms with Crippen molar-refractivity contribution in [2.24, 2.45) is 5.92 Å². The smallest absolute Gasteiger partial charge is 0.269 e. The Morgan fingerprint density at radius 3 is 2.20 bits per heavy atom. The van der Waals surface area contributed by atoms with Crippen LogP contribution in [0.25, 0.3) is 6.08 Å². The largest absolute Gasteiger partial charge is 0.294 e. The van der Waals surface area contributed by atoms with Gasteiger partial charge < -0.3 is 0 Å². The first-order chi connectivity index (χ1) is 12.0. The summed E-state index contributed by atoms with van der Waals surface area (Å²) in [5.41, 5.74) is 1.16. The van der Waals surface area contributed by atoms with Crippen LogP contribution in [-0.4, -0.2) is 22.2 Å². The van der Waals surface area contributed by atoms with Crippen LogP contribution in [-0.2, 0) is 0 Å². The van der Waals surface area contributed by atoms with Crippen LogP contribution < -0.4 is 0 Å². The number of ketones is 1. The highest BCUT2D eigenvalue weighted by atomic mass is 16.6. The highest BCUT2D eigenvalue weighted by molar-refractivity contribution is 5.96. The van der Waals surface area contributed by atoms with E-state index in [2.05, 4.69) is 0 Å². The van der Waals surface area contributed by atoms with E-state index in [1.807, 2.05) is 0 Å². The Balaban J connectivity index is 2.10. The molecule has 2 rings (SSSR count). The van der Waals surface area contributed by atoms with Crippen LogP contribution in [0.3, 0.4) is 0 Å². The minimum absolute atomic E-state index is 0.0223. The van der Waals surface area contributed by atoms with E-state index in [-0.39, 0.29) is 24.4 Å². The van der Waals surface area contributed by atoms with Gasteiger partial charge >= 0.3 is 0 Å². The molecule has 7 heteroatoms. The molecule has 2 aromatic carbocycles. The molecule has 0 unspecified atom stereocenters. The van der Waals surface area contributed by atoms with Gasteiger partial charge in [0.15, 0.2) is 5.78 Å². The maximum atomic E-state index is 12.2. The summed E-state index contributed by atoms with van der Waals surface area (Å²) in [6.07, 6.45) is 3.26. The monoisotopic (exact) mass is 340 g/mol. The number of rotatable bonds is 8. The molecule has 0 fully saturated rings. The van der Waals surface area contributed by atoms with Gasteiger partial charge in [-0.3, -0.25) is 25.0 Å². The molecule has 128 valence electrons. The van der Waals surface area contributed by atoms with E-state index < -0.39 is 15.8 Å². The quantitative estimate of drug-likeness (QED) is 0.413. The summed E-state index contributed by atoms with van der Waals surface area (Å²) in [6.45, 7) is -0.359. The highest BCUT2D eigenvalue weighted by Crippen LogP contribution is 2.16. The molecular weight excluding hydrogens is 324 g/mol. The predicted octanol–water partition coefficient (Wildman–Crippen LogP) is 3.77. The van der Waals surface area contributed by atoms with Gasteiger partial charge in [-0.05, 0) is 17.7 Å². The van der Waals surface area contributed by atoms with Crippen molar-refractivity contribution in [1.82, 2.24) is 0 Å². The van der Waals surface area contributed by atoms with Crippen LogP contribution in [0.2, 0.25) is 0 Å².